The van der Waals surface area contributed by atoms with Crippen molar-refractivity contribution in [3.63, 3.8) is 0 Å². The summed E-state index contributed by atoms with van der Waals surface area (Å²) in [4.78, 5) is 10.6. The van der Waals surface area contributed by atoms with Gasteiger partial charge < -0.3 is 19.3 Å². The first-order chi connectivity index (χ1) is 7.22. The second-order valence-electron chi connectivity index (χ2n) is 3.12. The summed E-state index contributed by atoms with van der Waals surface area (Å²) in [7, 11) is 1.44. The second-order valence-corrected chi connectivity index (χ2v) is 3.12. The smallest absolute Gasteiger partial charge is 0.335 e. The minimum absolute atomic E-state index is 0.0598. The highest BCUT2D eigenvalue weighted by molar-refractivity contribution is 5.72. The SMILES string of the molecule is CCCCOCCOC(COC)C(=O)O. The summed E-state index contributed by atoms with van der Waals surface area (Å²) >= 11 is 0. The lowest BCUT2D eigenvalue weighted by molar-refractivity contribution is -0.154. The summed E-state index contributed by atoms with van der Waals surface area (Å²) in [6, 6.07) is 0. The van der Waals surface area contributed by atoms with E-state index in [1.54, 1.807) is 0 Å². The zero-order chi connectivity index (χ0) is 11.5. The molecule has 0 aromatic rings. The van der Waals surface area contributed by atoms with E-state index in [-0.39, 0.29) is 13.2 Å². The van der Waals surface area contributed by atoms with Crippen LogP contribution in [0.3, 0.4) is 0 Å². The highest BCUT2D eigenvalue weighted by Crippen LogP contribution is 1.94. The Kier molecular flexibility index (Phi) is 9.46. The van der Waals surface area contributed by atoms with Crippen molar-refractivity contribution in [2.24, 2.45) is 0 Å². The Morgan fingerprint density at radius 1 is 1.33 bits per heavy atom. The lowest BCUT2D eigenvalue weighted by Gasteiger charge is -2.12. The molecule has 90 valence electrons. The molecule has 0 aliphatic carbocycles. The van der Waals surface area contributed by atoms with Crippen LogP contribution < -0.4 is 0 Å². The largest absolute Gasteiger partial charge is 0.479 e. The van der Waals surface area contributed by atoms with Crippen molar-refractivity contribution in [3.05, 3.63) is 0 Å². The van der Waals surface area contributed by atoms with Gasteiger partial charge in [0.2, 0.25) is 0 Å². The molecule has 0 bridgehead atoms. The topological polar surface area (TPSA) is 65.0 Å². The number of methoxy groups -OCH3 is 1. The minimum Gasteiger partial charge on any atom is -0.479 e. The Morgan fingerprint density at radius 2 is 2.07 bits per heavy atom. The first-order valence-electron chi connectivity index (χ1n) is 5.13. The monoisotopic (exact) mass is 220 g/mol. The normalized spacial score (nSPS) is 12.7. The van der Waals surface area contributed by atoms with Gasteiger partial charge in [-0.2, -0.15) is 0 Å². The van der Waals surface area contributed by atoms with E-state index >= 15 is 0 Å². The van der Waals surface area contributed by atoms with Gasteiger partial charge in [-0.15, -0.1) is 0 Å². The molecule has 1 unspecified atom stereocenters. The van der Waals surface area contributed by atoms with Gasteiger partial charge in [0.05, 0.1) is 19.8 Å². The Bertz CT molecular complexity index is 160. The molecule has 0 aliphatic heterocycles. The molecule has 0 aromatic carbocycles. The van der Waals surface area contributed by atoms with Gasteiger partial charge in [0.15, 0.2) is 6.10 Å². The van der Waals surface area contributed by atoms with Gasteiger partial charge in [-0.3, -0.25) is 0 Å². The number of carbonyl (C=O) groups is 1. The molecule has 0 saturated heterocycles. The average molecular weight is 220 g/mol. The third kappa shape index (κ3) is 8.35. The van der Waals surface area contributed by atoms with E-state index in [1.165, 1.54) is 7.11 Å². The van der Waals surface area contributed by atoms with Crippen LogP contribution in [0.1, 0.15) is 19.8 Å². The number of ether oxygens (including phenoxy) is 3. The molecule has 0 heterocycles. The van der Waals surface area contributed by atoms with Crippen LogP contribution in [-0.2, 0) is 19.0 Å². The fraction of sp³-hybridized carbons (Fsp3) is 0.900. The van der Waals surface area contributed by atoms with Crippen LogP contribution in [0.5, 0.6) is 0 Å². The maximum absolute atomic E-state index is 10.6. The van der Waals surface area contributed by atoms with Gasteiger partial charge in [0.1, 0.15) is 0 Å². The minimum atomic E-state index is -1.01. The predicted octanol–water partition coefficient (Wildman–Crippen LogP) is 0.919. The molecule has 0 fully saturated rings. The molecular weight excluding hydrogens is 200 g/mol. The van der Waals surface area contributed by atoms with Crippen LogP contribution in [0.15, 0.2) is 0 Å². The van der Waals surface area contributed by atoms with Crippen molar-refractivity contribution in [3.8, 4) is 0 Å². The van der Waals surface area contributed by atoms with Crippen molar-refractivity contribution in [1.82, 2.24) is 0 Å². The molecule has 5 nitrogen and oxygen atoms in total. The summed E-state index contributed by atoms with van der Waals surface area (Å²) in [5.74, 6) is -1.01. The number of carboxylic acids is 1. The van der Waals surface area contributed by atoms with Crippen LogP contribution in [0.25, 0.3) is 0 Å². The van der Waals surface area contributed by atoms with Crippen molar-refractivity contribution in [2.45, 2.75) is 25.9 Å². The fourth-order valence-electron chi connectivity index (χ4n) is 0.940. The number of carboxylic acid groups (broad SMARTS) is 1. The molecule has 0 amide bonds. The first-order valence-corrected chi connectivity index (χ1v) is 5.13. The Balaban J connectivity index is 3.41. The van der Waals surface area contributed by atoms with Crippen molar-refractivity contribution in [1.29, 1.82) is 0 Å². The van der Waals surface area contributed by atoms with Crippen LogP contribution in [0.4, 0.5) is 0 Å². The second kappa shape index (κ2) is 9.89. The summed E-state index contributed by atoms with van der Waals surface area (Å²) in [5, 5.41) is 8.70. The van der Waals surface area contributed by atoms with Gasteiger partial charge in [0, 0.05) is 13.7 Å². The lowest BCUT2D eigenvalue weighted by atomic mass is 10.4. The van der Waals surface area contributed by atoms with Gasteiger partial charge in [-0.25, -0.2) is 4.79 Å². The molecule has 0 spiro atoms. The summed E-state index contributed by atoms with van der Waals surface area (Å²) in [6.07, 6.45) is 1.20. The molecule has 0 saturated carbocycles. The zero-order valence-electron chi connectivity index (χ0n) is 9.40. The summed E-state index contributed by atoms with van der Waals surface area (Å²) in [6.45, 7) is 3.54. The summed E-state index contributed by atoms with van der Waals surface area (Å²) in [5.41, 5.74) is 0. The van der Waals surface area contributed by atoms with Gasteiger partial charge in [-0.1, -0.05) is 13.3 Å². The van der Waals surface area contributed by atoms with E-state index in [0.717, 1.165) is 12.8 Å². The number of unbranched alkanes of at least 4 members (excludes halogenated alkanes) is 1. The molecular formula is C10H20O5. The van der Waals surface area contributed by atoms with E-state index in [0.29, 0.717) is 13.2 Å². The van der Waals surface area contributed by atoms with E-state index in [9.17, 15) is 4.79 Å². The number of hydrogen-bond donors (Lipinski definition) is 1. The van der Waals surface area contributed by atoms with Crippen molar-refractivity contribution >= 4 is 5.97 Å². The quantitative estimate of drug-likeness (QED) is 0.554. The Labute approximate surface area is 90.3 Å². The van der Waals surface area contributed by atoms with E-state index in [2.05, 4.69) is 6.92 Å². The van der Waals surface area contributed by atoms with Gasteiger partial charge >= 0.3 is 5.97 Å². The summed E-state index contributed by atoms with van der Waals surface area (Å²) < 4.78 is 15.0. The zero-order valence-corrected chi connectivity index (χ0v) is 9.40. The maximum atomic E-state index is 10.6. The predicted molar refractivity (Wildman–Crippen MR) is 55.0 cm³/mol. The van der Waals surface area contributed by atoms with Crippen LogP contribution in [-0.4, -0.2) is 50.7 Å². The molecule has 1 atom stereocenters. The number of aliphatic carboxylic acids is 1. The van der Waals surface area contributed by atoms with Crippen LogP contribution in [0.2, 0.25) is 0 Å². The highest BCUT2D eigenvalue weighted by Gasteiger charge is 2.17. The Hall–Kier alpha value is -0.650. The van der Waals surface area contributed by atoms with Crippen molar-refractivity contribution in [2.75, 3.05) is 33.5 Å². The molecule has 0 radical (unpaired) electrons. The molecule has 1 N–H and O–H groups in total. The van der Waals surface area contributed by atoms with Gasteiger partial charge in [-0.05, 0) is 6.42 Å². The number of rotatable bonds is 10. The van der Waals surface area contributed by atoms with E-state index in [1.807, 2.05) is 0 Å². The molecule has 15 heavy (non-hydrogen) atoms. The molecule has 0 aromatic heterocycles. The third-order valence-electron chi connectivity index (χ3n) is 1.78. The molecule has 5 heteroatoms. The Morgan fingerprint density at radius 3 is 2.60 bits per heavy atom. The fourth-order valence-corrected chi connectivity index (χ4v) is 0.940. The number of hydrogen-bond acceptors (Lipinski definition) is 4. The van der Waals surface area contributed by atoms with Crippen molar-refractivity contribution < 1.29 is 24.1 Å². The van der Waals surface area contributed by atoms with E-state index in [4.69, 9.17) is 19.3 Å². The first kappa shape index (κ1) is 14.3. The van der Waals surface area contributed by atoms with Gasteiger partial charge in [0.25, 0.3) is 0 Å². The van der Waals surface area contributed by atoms with Crippen LogP contribution in [0, 0.1) is 0 Å². The maximum Gasteiger partial charge on any atom is 0.335 e. The lowest BCUT2D eigenvalue weighted by Crippen LogP contribution is -2.30. The molecule has 0 aliphatic rings. The van der Waals surface area contributed by atoms with Crippen LogP contribution >= 0.6 is 0 Å². The average Bonchev–Trinajstić information content (AvgIpc) is 2.21. The standard InChI is InChI=1S/C10H20O5/c1-3-4-5-14-6-7-15-9(8-13-2)10(11)12/h9H,3-8H2,1-2H3,(H,11,12). The highest BCUT2D eigenvalue weighted by atomic mass is 16.6. The van der Waals surface area contributed by atoms with E-state index < -0.39 is 12.1 Å². The molecule has 0 rings (SSSR count). The third-order valence-corrected chi connectivity index (χ3v) is 1.78.